The van der Waals surface area contributed by atoms with Crippen molar-refractivity contribution in [2.24, 2.45) is 7.05 Å². The zero-order valence-electron chi connectivity index (χ0n) is 9.86. The highest BCUT2D eigenvalue weighted by Crippen LogP contribution is 2.25. The Labute approximate surface area is 132 Å². The summed E-state index contributed by atoms with van der Waals surface area (Å²) in [5.74, 6) is 0. The van der Waals surface area contributed by atoms with Crippen LogP contribution < -0.4 is 11.2 Å². The quantitative estimate of drug-likeness (QED) is 0.714. The first-order valence-electron chi connectivity index (χ1n) is 5.30. The molecule has 19 heavy (non-hydrogen) atoms. The first-order valence-corrected chi connectivity index (χ1v) is 7.14. The number of hydrogen-bond acceptors (Lipinski definition) is 2. The second-order valence-corrected chi connectivity index (χ2v) is 5.92. The zero-order chi connectivity index (χ0) is 14.2. The van der Waals surface area contributed by atoms with Gasteiger partial charge in [0, 0.05) is 13.2 Å². The summed E-state index contributed by atoms with van der Waals surface area (Å²) in [5, 5.41) is 0.756. The summed E-state index contributed by atoms with van der Waals surface area (Å²) in [6.07, 6.45) is 1.50. The van der Waals surface area contributed by atoms with E-state index in [1.54, 1.807) is 25.2 Å². The molecule has 1 heterocycles. The van der Waals surface area contributed by atoms with Crippen LogP contribution >= 0.6 is 45.8 Å². The normalized spacial score (nSPS) is 10.7. The summed E-state index contributed by atoms with van der Waals surface area (Å²) in [6, 6.07) is 5.12. The molecule has 2 rings (SSSR count). The third kappa shape index (κ3) is 2.88. The third-order valence-electron chi connectivity index (χ3n) is 2.65. The topological polar surface area (TPSA) is 44.0 Å². The van der Waals surface area contributed by atoms with Crippen LogP contribution in [0.2, 0.25) is 10.0 Å². The van der Waals surface area contributed by atoms with Gasteiger partial charge in [-0.2, -0.15) is 0 Å². The van der Waals surface area contributed by atoms with Gasteiger partial charge in [-0.15, -0.1) is 0 Å². The van der Waals surface area contributed by atoms with Crippen molar-refractivity contribution >= 4 is 45.8 Å². The Kier molecular flexibility index (Phi) is 4.37. The number of nitrogens with zero attached hydrogens (tertiary/aromatic N) is 2. The first kappa shape index (κ1) is 14.6. The van der Waals surface area contributed by atoms with Crippen LogP contribution in [-0.4, -0.2) is 9.13 Å². The van der Waals surface area contributed by atoms with Gasteiger partial charge in [0.2, 0.25) is 0 Å². The average molecular weight is 411 g/mol. The maximum absolute atomic E-state index is 12.0. The SMILES string of the molecule is Cn1cc(I)c(=O)n(Cc2cccc(Cl)c2Cl)c1=O. The number of benzene rings is 1. The van der Waals surface area contributed by atoms with E-state index in [0.717, 1.165) is 4.57 Å². The van der Waals surface area contributed by atoms with E-state index in [-0.39, 0.29) is 17.8 Å². The molecule has 0 radical (unpaired) electrons. The van der Waals surface area contributed by atoms with Gasteiger partial charge in [-0.25, -0.2) is 4.79 Å². The molecule has 0 spiro atoms. The molecule has 2 aromatic rings. The maximum atomic E-state index is 12.0. The lowest BCUT2D eigenvalue weighted by atomic mass is 10.2. The minimum absolute atomic E-state index is 0.0989. The van der Waals surface area contributed by atoms with E-state index in [0.29, 0.717) is 19.2 Å². The Morgan fingerprint density at radius 3 is 2.63 bits per heavy atom. The van der Waals surface area contributed by atoms with Crippen LogP contribution in [0.5, 0.6) is 0 Å². The van der Waals surface area contributed by atoms with Gasteiger partial charge in [-0.3, -0.25) is 9.36 Å². The van der Waals surface area contributed by atoms with Crippen molar-refractivity contribution in [3.63, 3.8) is 0 Å². The van der Waals surface area contributed by atoms with Crippen LogP contribution in [0.3, 0.4) is 0 Å². The molecule has 0 aliphatic carbocycles. The summed E-state index contributed by atoms with van der Waals surface area (Å²) in [7, 11) is 1.60. The standard InChI is InChI=1S/C12H9Cl2IN2O2/c1-16-6-9(15)11(18)17(12(16)19)5-7-3-2-4-8(13)10(7)14/h2-4,6H,5H2,1H3. The Bertz CT molecular complexity index is 718. The van der Waals surface area contributed by atoms with Gasteiger partial charge in [0.25, 0.3) is 5.56 Å². The Balaban J connectivity index is 2.59. The molecule has 100 valence electrons. The molecule has 7 heteroatoms. The van der Waals surface area contributed by atoms with E-state index < -0.39 is 0 Å². The smallest absolute Gasteiger partial charge is 0.302 e. The lowest BCUT2D eigenvalue weighted by Crippen LogP contribution is -2.40. The van der Waals surface area contributed by atoms with E-state index in [4.69, 9.17) is 23.2 Å². The van der Waals surface area contributed by atoms with Gasteiger partial charge in [-0.1, -0.05) is 35.3 Å². The number of aromatic nitrogens is 2. The largest absolute Gasteiger partial charge is 0.331 e. The third-order valence-corrected chi connectivity index (χ3v) is 4.25. The molecule has 1 aromatic carbocycles. The van der Waals surface area contributed by atoms with Gasteiger partial charge in [0.15, 0.2) is 0 Å². The molecule has 0 fully saturated rings. The van der Waals surface area contributed by atoms with E-state index >= 15 is 0 Å². The zero-order valence-corrected chi connectivity index (χ0v) is 13.5. The molecule has 4 nitrogen and oxygen atoms in total. The molecule has 0 atom stereocenters. The molecule has 0 aliphatic rings. The predicted octanol–water partition coefficient (Wildman–Crippen LogP) is 2.51. The number of hydrogen-bond donors (Lipinski definition) is 0. The molecular weight excluding hydrogens is 402 g/mol. The van der Waals surface area contributed by atoms with Crippen molar-refractivity contribution in [1.29, 1.82) is 0 Å². The summed E-state index contributed by atoms with van der Waals surface area (Å²) in [6.45, 7) is 0.0989. The molecule has 0 amide bonds. The average Bonchev–Trinajstić information content (AvgIpc) is 2.37. The predicted molar refractivity (Wildman–Crippen MR) is 84.2 cm³/mol. The summed E-state index contributed by atoms with van der Waals surface area (Å²) < 4.78 is 2.97. The fourth-order valence-corrected chi connectivity index (χ4v) is 2.76. The second-order valence-electron chi connectivity index (χ2n) is 3.97. The van der Waals surface area contributed by atoms with E-state index in [1.165, 1.54) is 10.8 Å². The second kappa shape index (κ2) is 5.68. The molecule has 0 aliphatic heterocycles. The number of halogens is 3. The Morgan fingerprint density at radius 1 is 1.26 bits per heavy atom. The number of aryl methyl sites for hydroxylation is 1. The van der Waals surface area contributed by atoms with Crippen molar-refractivity contribution in [3.05, 3.63) is 64.4 Å². The molecule has 0 saturated carbocycles. The molecule has 0 unspecified atom stereocenters. The molecule has 0 saturated heterocycles. The van der Waals surface area contributed by atoms with Crippen molar-refractivity contribution in [3.8, 4) is 0 Å². The summed E-state index contributed by atoms with van der Waals surface area (Å²) >= 11 is 13.9. The summed E-state index contributed by atoms with van der Waals surface area (Å²) in [5.41, 5.74) is -0.0865. The van der Waals surface area contributed by atoms with Gasteiger partial charge >= 0.3 is 5.69 Å². The van der Waals surface area contributed by atoms with Gasteiger partial charge in [-0.05, 0) is 34.2 Å². The van der Waals surface area contributed by atoms with E-state index in [1.807, 2.05) is 22.6 Å². The fraction of sp³-hybridized carbons (Fsp3) is 0.167. The molecule has 1 aromatic heterocycles. The minimum atomic E-state index is -0.388. The van der Waals surface area contributed by atoms with Crippen LogP contribution in [0, 0.1) is 3.57 Å². The molecule has 0 N–H and O–H groups in total. The van der Waals surface area contributed by atoms with Crippen molar-refractivity contribution in [2.75, 3.05) is 0 Å². The molecule has 0 bridgehead atoms. The molecular formula is C12H9Cl2IN2O2. The van der Waals surface area contributed by atoms with E-state index in [2.05, 4.69) is 0 Å². The van der Waals surface area contributed by atoms with Crippen molar-refractivity contribution < 1.29 is 0 Å². The first-order chi connectivity index (χ1) is 8.91. The Hall–Kier alpha value is -0.790. The van der Waals surface area contributed by atoms with E-state index in [9.17, 15) is 9.59 Å². The number of rotatable bonds is 2. The maximum Gasteiger partial charge on any atom is 0.331 e. The van der Waals surface area contributed by atoms with Crippen LogP contribution in [0.4, 0.5) is 0 Å². The van der Waals surface area contributed by atoms with Gasteiger partial charge < -0.3 is 4.57 Å². The fourth-order valence-electron chi connectivity index (χ4n) is 1.67. The highest BCUT2D eigenvalue weighted by Gasteiger charge is 2.11. The minimum Gasteiger partial charge on any atom is -0.302 e. The van der Waals surface area contributed by atoms with Gasteiger partial charge in [0.05, 0.1) is 20.2 Å². The van der Waals surface area contributed by atoms with Crippen LogP contribution in [0.1, 0.15) is 5.56 Å². The monoisotopic (exact) mass is 410 g/mol. The lowest BCUT2D eigenvalue weighted by molar-refractivity contribution is 0.634. The highest BCUT2D eigenvalue weighted by molar-refractivity contribution is 14.1. The highest BCUT2D eigenvalue weighted by atomic mass is 127. The van der Waals surface area contributed by atoms with Crippen LogP contribution in [-0.2, 0) is 13.6 Å². The lowest BCUT2D eigenvalue weighted by Gasteiger charge is -2.10. The van der Waals surface area contributed by atoms with Crippen molar-refractivity contribution in [2.45, 2.75) is 6.54 Å². The van der Waals surface area contributed by atoms with Crippen LogP contribution in [0.25, 0.3) is 0 Å². The van der Waals surface area contributed by atoms with Gasteiger partial charge in [0.1, 0.15) is 0 Å². The Morgan fingerprint density at radius 2 is 1.95 bits per heavy atom. The van der Waals surface area contributed by atoms with Crippen LogP contribution in [0.15, 0.2) is 34.0 Å². The summed E-state index contributed by atoms with van der Waals surface area (Å²) in [4.78, 5) is 24.0. The van der Waals surface area contributed by atoms with Crippen molar-refractivity contribution in [1.82, 2.24) is 9.13 Å².